The van der Waals surface area contributed by atoms with E-state index in [1.165, 1.54) is 12.1 Å². The van der Waals surface area contributed by atoms with E-state index < -0.39 is 11.7 Å². The summed E-state index contributed by atoms with van der Waals surface area (Å²) in [5.41, 5.74) is -0.172. The van der Waals surface area contributed by atoms with Gasteiger partial charge in [0.1, 0.15) is 0 Å². The average Bonchev–Trinajstić information content (AvgIpc) is 2.33. The molecular weight excluding hydrogens is 271 g/mol. The van der Waals surface area contributed by atoms with E-state index in [9.17, 15) is 18.0 Å². The molecule has 0 aliphatic heterocycles. The normalized spacial score (nSPS) is 22.2. The number of aliphatic hydroxyl groups is 1. The molecule has 2 N–H and O–H groups in total. The van der Waals surface area contributed by atoms with E-state index in [4.69, 9.17) is 5.11 Å². The van der Waals surface area contributed by atoms with Crippen LogP contribution in [0.2, 0.25) is 0 Å². The van der Waals surface area contributed by atoms with Gasteiger partial charge in [-0.15, -0.1) is 0 Å². The molecule has 0 saturated heterocycles. The standard InChI is InChI=1S/C14H16F3NO2/c15-14(16,17)11-3-1-9(2-4-11)7-13(20)18-8-10-5-12(19)6-10/h1-4,10,12,19H,5-8H2,(H,18,20). The first-order valence-electron chi connectivity index (χ1n) is 6.45. The molecule has 1 saturated carbocycles. The van der Waals surface area contributed by atoms with Crippen LogP contribution in [0.1, 0.15) is 24.0 Å². The second kappa shape index (κ2) is 5.83. The molecule has 2 rings (SSSR count). The van der Waals surface area contributed by atoms with Gasteiger partial charge < -0.3 is 10.4 Å². The van der Waals surface area contributed by atoms with Crippen molar-refractivity contribution in [3.8, 4) is 0 Å². The van der Waals surface area contributed by atoms with Crippen LogP contribution in [-0.2, 0) is 17.4 Å². The van der Waals surface area contributed by atoms with Gasteiger partial charge in [0.2, 0.25) is 5.91 Å². The second-order valence-electron chi connectivity index (χ2n) is 5.17. The fourth-order valence-electron chi connectivity index (χ4n) is 2.18. The molecule has 1 aliphatic carbocycles. The van der Waals surface area contributed by atoms with Crippen LogP contribution in [-0.4, -0.2) is 23.7 Å². The minimum Gasteiger partial charge on any atom is -0.393 e. The van der Waals surface area contributed by atoms with Crippen molar-refractivity contribution in [1.29, 1.82) is 0 Å². The first-order valence-corrected chi connectivity index (χ1v) is 6.45. The third kappa shape index (κ3) is 3.96. The number of nitrogens with one attached hydrogen (secondary N) is 1. The fourth-order valence-corrected chi connectivity index (χ4v) is 2.18. The van der Waals surface area contributed by atoms with Crippen LogP contribution in [0.4, 0.5) is 13.2 Å². The monoisotopic (exact) mass is 287 g/mol. The molecule has 1 aliphatic rings. The molecule has 6 heteroatoms. The van der Waals surface area contributed by atoms with Gasteiger partial charge in [-0.2, -0.15) is 13.2 Å². The molecule has 0 spiro atoms. The zero-order valence-electron chi connectivity index (χ0n) is 10.8. The molecule has 1 aromatic rings. The van der Waals surface area contributed by atoms with Gasteiger partial charge in [0.15, 0.2) is 0 Å². The lowest BCUT2D eigenvalue weighted by Gasteiger charge is -2.31. The number of benzene rings is 1. The third-order valence-electron chi connectivity index (χ3n) is 3.44. The molecular formula is C14H16F3NO2. The van der Waals surface area contributed by atoms with E-state index in [-0.39, 0.29) is 18.4 Å². The highest BCUT2D eigenvalue weighted by molar-refractivity contribution is 5.78. The van der Waals surface area contributed by atoms with Crippen molar-refractivity contribution < 1.29 is 23.1 Å². The van der Waals surface area contributed by atoms with Crippen molar-refractivity contribution in [2.75, 3.05) is 6.54 Å². The van der Waals surface area contributed by atoms with Crippen LogP contribution < -0.4 is 5.32 Å². The van der Waals surface area contributed by atoms with Gasteiger partial charge in [-0.1, -0.05) is 12.1 Å². The summed E-state index contributed by atoms with van der Waals surface area (Å²) in [6.45, 7) is 0.510. The van der Waals surface area contributed by atoms with E-state index in [2.05, 4.69) is 5.32 Å². The van der Waals surface area contributed by atoms with Crippen molar-refractivity contribution in [3.63, 3.8) is 0 Å². The molecule has 0 heterocycles. The largest absolute Gasteiger partial charge is 0.416 e. The fraction of sp³-hybridized carbons (Fsp3) is 0.500. The highest BCUT2D eigenvalue weighted by Gasteiger charge is 2.30. The van der Waals surface area contributed by atoms with E-state index >= 15 is 0 Å². The molecule has 1 fully saturated rings. The number of aliphatic hydroxyl groups excluding tert-OH is 1. The number of hydrogen-bond acceptors (Lipinski definition) is 2. The van der Waals surface area contributed by atoms with Crippen molar-refractivity contribution in [1.82, 2.24) is 5.32 Å². The highest BCUT2D eigenvalue weighted by Crippen LogP contribution is 2.29. The lowest BCUT2D eigenvalue weighted by molar-refractivity contribution is -0.137. The number of amides is 1. The van der Waals surface area contributed by atoms with Crippen molar-refractivity contribution in [3.05, 3.63) is 35.4 Å². The summed E-state index contributed by atoms with van der Waals surface area (Å²) < 4.78 is 37.1. The van der Waals surface area contributed by atoms with Crippen LogP contribution in [0.15, 0.2) is 24.3 Å². The zero-order chi connectivity index (χ0) is 14.8. The Kier molecular flexibility index (Phi) is 4.32. The highest BCUT2D eigenvalue weighted by atomic mass is 19.4. The molecule has 0 unspecified atom stereocenters. The Balaban J connectivity index is 1.79. The number of halogens is 3. The van der Waals surface area contributed by atoms with Crippen molar-refractivity contribution >= 4 is 5.91 Å². The summed E-state index contributed by atoms with van der Waals surface area (Å²) in [7, 11) is 0. The summed E-state index contributed by atoms with van der Waals surface area (Å²) in [5.74, 6) is 0.0905. The molecule has 1 aromatic carbocycles. The number of rotatable bonds is 4. The van der Waals surface area contributed by atoms with Crippen LogP contribution in [0.25, 0.3) is 0 Å². The minimum atomic E-state index is -4.36. The number of carbonyl (C=O) groups is 1. The SMILES string of the molecule is O=C(Cc1ccc(C(F)(F)F)cc1)NCC1CC(O)C1. The summed E-state index contributed by atoms with van der Waals surface area (Å²) in [6, 6.07) is 4.58. The predicted molar refractivity (Wildman–Crippen MR) is 66.9 cm³/mol. The number of alkyl halides is 3. The van der Waals surface area contributed by atoms with Gasteiger partial charge in [0, 0.05) is 6.54 Å². The van der Waals surface area contributed by atoms with Gasteiger partial charge in [0.05, 0.1) is 18.1 Å². The Morgan fingerprint density at radius 2 is 1.85 bits per heavy atom. The maximum atomic E-state index is 12.4. The Labute approximate surface area is 114 Å². The second-order valence-corrected chi connectivity index (χ2v) is 5.17. The molecule has 0 aromatic heterocycles. The molecule has 0 bridgehead atoms. The van der Waals surface area contributed by atoms with Crippen molar-refractivity contribution in [2.45, 2.75) is 31.5 Å². The van der Waals surface area contributed by atoms with Gasteiger partial charge in [0.25, 0.3) is 0 Å². The first-order chi connectivity index (χ1) is 9.34. The maximum absolute atomic E-state index is 12.4. The zero-order valence-corrected chi connectivity index (χ0v) is 10.8. The minimum absolute atomic E-state index is 0.0629. The molecule has 110 valence electrons. The lowest BCUT2D eigenvalue weighted by atomic mass is 9.82. The molecule has 3 nitrogen and oxygen atoms in total. The van der Waals surface area contributed by atoms with Gasteiger partial charge >= 0.3 is 6.18 Å². The van der Waals surface area contributed by atoms with Gasteiger partial charge in [-0.25, -0.2) is 0 Å². The summed E-state index contributed by atoms with van der Waals surface area (Å²) in [6.07, 6.45) is -3.16. The maximum Gasteiger partial charge on any atom is 0.416 e. The van der Waals surface area contributed by atoms with Crippen LogP contribution in [0.5, 0.6) is 0 Å². The molecule has 0 radical (unpaired) electrons. The Morgan fingerprint density at radius 3 is 2.35 bits per heavy atom. The van der Waals surface area contributed by atoms with Crippen LogP contribution in [0, 0.1) is 5.92 Å². The van der Waals surface area contributed by atoms with E-state index in [1.54, 1.807) is 0 Å². The van der Waals surface area contributed by atoms with E-state index in [0.29, 0.717) is 30.9 Å². The summed E-state index contributed by atoms with van der Waals surface area (Å²) >= 11 is 0. The summed E-state index contributed by atoms with van der Waals surface area (Å²) in [4.78, 5) is 11.6. The Morgan fingerprint density at radius 1 is 1.25 bits per heavy atom. The average molecular weight is 287 g/mol. The Bertz CT molecular complexity index is 464. The number of hydrogen-bond donors (Lipinski definition) is 2. The van der Waals surface area contributed by atoms with Gasteiger partial charge in [-0.3, -0.25) is 4.79 Å². The molecule has 1 amide bonds. The quantitative estimate of drug-likeness (QED) is 0.891. The van der Waals surface area contributed by atoms with Gasteiger partial charge in [-0.05, 0) is 36.5 Å². The third-order valence-corrected chi connectivity index (χ3v) is 3.44. The summed E-state index contributed by atoms with van der Waals surface area (Å²) in [5, 5.41) is 11.8. The van der Waals surface area contributed by atoms with Crippen molar-refractivity contribution in [2.24, 2.45) is 5.92 Å². The predicted octanol–water partition coefficient (Wildman–Crippen LogP) is 2.13. The van der Waals surface area contributed by atoms with Crippen LogP contribution in [0.3, 0.4) is 0 Å². The number of carbonyl (C=O) groups excluding carboxylic acids is 1. The smallest absolute Gasteiger partial charge is 0.393 e. The Hall–Kier alpha value is -1.56. The lowest BCUT2D eigenvalue weighted by Crippen LogP contribution is -2.38. The molecule has 0 atom stereocenters. The molecule has 20 heavy (non-hydrogen) atoms. The van der Waals surface area contributed by atoms with Crippen LogP contribution >= 0.6 is 0 Å². The van der Waals surface area contributed by atoms with E-state index in [0.717, 1.165) is 12.1 Å². The first kappa shape index (κ1) is 14.8. The topological polar surface area (TPSA) is 49.3 Å². The van der Waals surface area contributed by atoms with E-state index in [1.807, 2.05) is 0 Å².